The number of benzene rings is 2. The van der Waals surface area contributed by atoms with Crippen molar-refractivity contribution in [1.82, 2.24) is 5.32 Å². The maximum atomic E-state index is 12.8. The second-order valence-corrected chi connectivity index (χ2v) is 6.06. The van der Waals surface area contributed by atoms with Gasteiger partial charge in [-0.25, -0.2) is 14.5 Å². The molecule has 8 heteroatoms. The molecule has 4 amide bonds. The summed E-state index contributed by atoms with van der Waals surface area (Å²) in [6.07, 6.45) is 1.23. The topological polar surface area (TPSA) is 113 Å². The Kier molecular flexibility index (Phi) is 4.95. The van der Waals surface area contributed by atoms with Crippen LogP contribution in [0.5, 0.6) is 5.75 Å². The minimum Gasteiger partial charge on any atom is -0.496 e. The highest BCUT2D eigenvalue weighted by molar-refractivity contribution is 6.39. The molecule has 2 N–H and O–H groups in total. The number of anilines is 1. The molecule has 1 fully saturated rings. The number of imide groups is 2. The summed E-state index contributed by atoms with van der Waals surface area (Å²) in [5.74, 6) is -2.73. The van der Waals surface area contributed by atoms with Crippen LogP contribution in [0.1, 0.15) is 21.5 Å². The molecule has 0 bridgehead atoms. The number of carboxylic acid groups (broad SMARTS) is 1. The molecule has 1 saturated heterocycles. The zero-order valence-corrected chi connectivity index (χ0v) is 15.1. The van der Waals surface area contributed by atoms with Crippen molar-refractivity contribution in [2.75, 3.05) is 12.0 Å². The van der Waals surface area contributed by atoms with Crippen molar-refractivity contribution < 1.29 is 29.0 Å². The van der Waals surface area contributed by atoms with Gasteiger partial charge in [-0.3, -0.25) is 14.9 Å². The number of hydrogen-bond donors (Lipinski definition) is 2. The summed E-state index contributed by atoms with van der Waals surface area (Å²) >= 11 is 0. The Bertz CT molecular complexity index is 1020. The van der Waals surface area contributed by atoms with Crippen molar-refractivity contribution in [3.05, 3.63) is 64.7 Å². The first-order chi connectivity index (χ1) is 13.3. The molecule has 1 aliphatic heterocycles. The maximum Gasteiger partial charge on any atom is 0.339 e. The molecular formula is C20H16N2O6. The first kappa shape index (κ1) is 18.8. The number of aryl methyl sites for hydroxylation is 1. The third kappa shape index (κ3) is 3.48. The molecular weight excluding hydrogens is 364 g/mol. The molecule has 0 aromatic heterocycles. The van der Waals surface area contributed by atoms with Gasteiger partial charge in [-0.1, -0.05) is 23.8 Å². The van der Waals surface area contributed by atoms with E-state index < -0.39 is 23.8 Å². The highest BCUT2D eigenvalue weighted by atomic mass is 16.5. The van der Waals surface area contributed by atoms with Crippen molar-refractivity contribution in [2.24, 2.45) is 0 Å². The minimum atomic E-state index is -1.21. The van der Waals surface area contributed by atoms with Crippen LogP contribution in [0.15, 0.2) is 48.0 Å². The normalized spacial score (nSPS) is 15.6. The van der Waals surface area contributed by atoms with Gasteiger partial charge in [0.2, 0.25) is 0 Å². The lowest BCUT2D eigenvalue weighted by atomic mass is 10.0. The van der Waals surface area contributed by atoms with Gasteiger partial charge in [0.1, 0.15) is 16.9 Å². The average Bonchev–Trinajstić information content (AvgIpc) is 2.66. The number of amides is 4. The highest BCUT2D eigenvalue weighted by Crippen LogP contribution is 2.24. The third-order valence-electron chi connectivity index (χ3n) is 4.16. The lowest BCUT2D eigenvalue weighted by Crippen LogP contribution is -2.54. The first-order valence-electron chi connectivity index (χ1n) is 8.21. The number of carboxylic acids is 1. The van der Waals surface area contributed by atoms with Gasteiger partial charge in [-0.15, -0.1) is 0 Å². The fraction of sp³-hybridized carbons (Fsp3) is 0.100. The summed E-state index contributed by atoms with van der Waals surface area (Å²) in [6.45, 7) is 1.86. The molecule has 142 valence electrons. The van der Waals surface area contributed by atoms with Crippen LogP contribution in [0.4, 0.5) is 10.5 Å². The molecule has 1 heterocycles. The molecule has 2 aromatic rings. The molecule has 0 saturated carbocycles. The number of carbonyl (C=O) groups is 4. The lowest BCUT2D eigenvalue weighted by molar-refractivity contribution is -0.122. The van der Waals surface area contributed by atoms with Crippen LogP contribution in [-0.4, -0.2) is 36.0 Å². The predicted octanol–water partition coefficient (Wildman–Crippen LogP) is 2.37. The van der Waals surface area contributed by atoms with Gasteiger partial charge in [0.15, 0.2) is 0 Å². The number of nitrogens with one attached hydrogen (secondary N) is 1. The number of carbonyl (C=O) groups excluding carboxylic acids is 3. The first-order valence-corrected chi connectivity index (χ1v) is 8.21. The summed E-state index contributed by atoms with van der Waals surface area (Å²) in [4.78, 5) is 49.4. The number of nitrogens with zero attached hydrogens (tertiary/aromatic N) is 1. The zero-order chi connectivity index (χ0) is 20.4. The Labute approximate surface area is 160 Å². The summed E-state index contributed by atoms with van der Waals surface area (Å²) < 4.78 is 4.99. The van der Waals surface area contributed by atoms with E-state index in [-0.39, 0.29) is 16.9 Å². The molecule has 0 aliphatic carbocycles. The van der Waals surface area contributed by atoms with Gasteiger partial charge in [0.25, 0.3) is 11.8 Å². The van der Waals surface area contributed by atoms with Gasteiger partial charge < -0.3 is 9.84 Å². The fourth-order valence-electron chi connectivity index (χ4n) is 2.73. The number of rotatable bonds is 4. The van der Waals surface area contributed by atoms with Gasteiger partial charge in [0, 0.05) is 0 Å². The van der Waals surface area contributed by atoms with Crippen molar-refractivity contribution in [2.45, 2.75) is 6.92 Å². The van der Waals surface area contributed by atoms with E-state index in [2.05, 4.69) is 5.32 Å². The molecule has 1 aliphatic rings. The highest BCUT2D eigenvalue weighted by Gasteiger charge is 2.36. The van der Waals surface area contributed by atoms with Gasteiger partial charge in [0.05, 0.1) is 12.8 Å². The number of aromatic carboxylic acids is 1. The van der Waals surface area contributed by atoms with E-state index >= 15 is 0 Å². The van der Waals surface area contributed by atoms with Crippen molar-refractivity contribution >= 4 is 35.6 Å². The monoisotopic (exact) mass is 380 g/mol. The van der Waals surface area contributed by atoms with Gasteiger partial charge in [-0.2, -0.15) is 0 Å². The molecule has 2 aromatic carbocycles. The molecule has 8 nitrogen and oxygen atoms in total. The molecule has 0 radical (unpaired) electrons. The number of barbiturate groups is 1. The van der Waals surface area contributed by atoms with Crippen molar-refractivity contribution in [3.8, 4) is 5.75 Å². The number of urea groups is 1. The Morgan fingerprint density at radius 2 is 1.79 bits per heavy atom. The molecule has 3 rings (SSSR count). The van der Waals surface area contributed by atoms with E-state index in [4.69, 9.17) is 4.74 Å². The number of hydrogen-bond acceptors (Lipinski definition) is 5. The summed E-state index contributed by atoms with van der Waals surface area (Å²) in [5.41, 5.74) is 1.15. The Morgan fingerprint density at radius 3 is 2.39 bits per heavy atom. The van der Waals surface area contributed by atoms with E-state index in [9.17, 15) is 24.3 Å². The quantitative estimate of drug-likeness (QED) is 0.622. The fourth-order valence-corrected chi connectivity index (χ4v) is 2.73. The molecule has 0 atom stereocenters. The summed E-state index contributed by atoms with van der Waals surface area (Å²) in [5, 5.41) is 11.4. The van der Waals surface area contributed by atoms with Crippen molar-refractivity contribution in [1.29, 1.82) is 0 Å². The summed E-state index contributed by atoms with van der Waals surface area (Å²) in [7, 11) is 1.34. The van der Waals surface area contributed by atoms with E-state index in [1.54, 1.807) is 24.3 Å². The van der Waals surface area contributed by atoms with E-state index in [1.807, 2.05) is 6.92 Å². The van der Waals surface area contributed by atoms with Gasteiger partial charge in [-0.05, 0) is 42.8 Å². The third-order valence-corrected chi connectivity index (χ3v) is 4.16. The minimum absolute atomic E-state index is 0.119. The second-order valence-electron chi connectivity index (χ2n) is 6.06. The largest absolute Gasteiger partial charge is 0.496 e. The molecule has 0 spiro atoms. The maximum absolute atomic E-state index is 12.8. The van der Waals surface area contributed by atoms with Crippen LogP contribution < -0.4 is 15.0 Å². The van der Waals surface area contributed by atoms with E-state index in [1.165, 1.54) is 31.4 Å². The predicted molar refractivity (Wildman–Crippen MR) is 100 cm³/mol. The van der Waals surface area contributed by atoms with Crippen LogP contribution >= 0.6 is 0 Å². The van der Waals surface area contributed by atoms with E-state index in [0.717, 1.165) is 10.5 Å². The SMILES string of the molecule is COc1ccc(C=C2C(=O)NC(=O)N(c3ccc(C)cc3)C2=O)cc1C(=O)O. The van der Waals surface area contributed by atoms with Gasteiger partial charge >= 0.3 is 12.0 Å². The Hall–Kier alpha value is -3.94. The lowest BCUT2D eigenvalue weighted by Gasteiger charge is -2.26. The zero-order valence-electron chi connectivity index (χ0n) is 15.1. The average molecular weight is 380 g/mol. The standard InChI is InChI=1S/C20H16N2O6/c1-11-3-6-13(7-4-11)22-18(24)15(17(23)21-20(22)27)10-12-5-8-16(28-2)14(9-12)19(25)26/h3-10H,1-2H3,(H,25,26)(H,21,23,27). The van der Waals surface area contributed by atoms with Crippen LogP contribution in [0.3, 0.4) is 0 Å². The van der Waals surface area contributed by atoms with Crippen LogP contribution in [0.25, 0.3) is 6.08 Å². The van der Waals surface area contributed by atoms with Crippen LogP contribution in [-0.2, 0) is 9.59 Å². The number of ether oxygens (including phenoxy) is 1. The Morgan fingerprint density at radius 1 is 1.11 bits per heavy atom. The van der Waals surface area contributed by atoms with Crippen LogP contribution in [0, 0.1) is 6.92 Å². The summed E-state index contributed by atoms with van der Waals surface area (Å²) in [6, 6.07) is 10.0. The number of methoxy groups -OCH3 is 1. The molecule has 28 heavy (non-hydrogen) atoms. The Balaban J connectivity index is 2.03. The second kappa shape index (κ2) is 7.36. The van der Waals surface area contributed by atoms with E-state index in [0.29, 0.717) is 11.3 Å². The smallest absolute Gasteiger partial charge is 0.339 e. The molecule has 0 unspecified atom stereocenters. The van der Waals surface area contributed by atoms with Crippen molar-refractivity contribution in [3.63, 3.8) is 0 Å². The van der Waals surface area contributed by atoms with Crippen LogP contribution in [0.2, 0.25) is 0 Å².